The number of hydrogen-bond acceptors (Lipinski definition) is 6. The van der Waals surface area contributed by atoms with Crippen molar-refractivity contribution in [2.24, 2.45) is 0 Å². The maximum absolute atomic E-state index is 12.5. The summed E-state index contributed by atoms with van der Waals surface area (Å²) in [4.78, 5) is 10.7. The highest BCUT2D eigenvalue weighted by Gasteiger charge is 2.29. The van der Waals surface area contributed by atoms with Crippen molar-refractivity contribution in [1.29, 1.82) is 0 Å². The lowest BCUT2D eigenvalue weighted by Crippen LogP contribution is -2.37. The number of benzene rings is 1. The molecule has 128 valence electrons. The Morgan fingerprint density at radius 3 is 2.62 bits per heavy atom. The smallest absolute Gasteiger partial charge is 0.257 e. The van der Waals surface area contributed by atoms with Gasteiger partial charge in [0.2, 0.25) is 10.0 Å². The van der Waals surface area contributed by atoms with E-state index in [0.29, 0.717) is 31.2 Å². The fourth-order valence-corrected chi connectivity index (χ4v) is 3.99. The number of anilines is 1. The zero-order valence-electron chi connectivity index (χ0n) is 13.6. The Kier molecular flexibility index (Phi) is 4.68. The number of ether oxygens (including phenoxy) is 1. The van der Waals surface area contributed by atoms with Gasteiger partial charge in [-0.15, -0.1) is 0 Å². The molecule has 2 heterocycles. The molecule has 0 spiro atoms. The molecular weight excluding hydrogens is 328 g/mol. The minimum absolute atomic E-state index is 0.178. The van der Waals surface area contributed by atoms with Gasteiger partial charge in [0.05, 0.1) is 12.0 Å². The summed E-state index contributed by atoms with van der Waals surface area (Å²) in [6.07, 6.45) is 3.86. The quantitative estimate of drug-likeness (QED) is 0.878. The number of nitrogens with zero attached hydrogens (tertiary/aromatic N) is 3. The van der Waals surface area contributed by atoms with E-state index in [1.165, 1.54) is 0 Å². The molecule has 1 fully saturated rings. The fraction of sp³-hybridized carbons (Fsp3) is 0.375. The van der Waals surface area contributed by atoms with Crippen LogP contribution in [0.25, 0.3) is 0 Å². The first kappa shape index (κ1) is 16.7. The highest BCUT2D eigenvalue weighted by molar-refractivity contribution is 7.89. The number of nitrogens with one attached hydrogen (secondary N) is 1. The van der Waals surface area contributed by atoms with Crippen molar-refractivity contribution in [1.82, 2.24) is 14.7 Å². The maximum atomic E-state index is 12.5. The number of sulfonamides is 1. The van der Waals surface area contributed by atoms with Crippen LogP contribution in [0.3, 0.4) is 0 Å². The van der Waals surface area contributed by atoms with Gasteiger partial charge in [0.25, 0.3) is 5.88 Å². The summed E-state index contributed by atoms with van der Waals surface area (Å²) in [5.74, 6) is 1.08. The van der Waals surface area contributed by atoms with Crippen LogP contribution in [0.2, 0.25) is 0 Å². The van der Waals surface area contributed by atoms with Gasteiger partial charge in [-0.05, 0) is 25.5 Å². The maximum Gasteiger partial charge on any atom is 0.257 e. The van der Waals surface area contributed by atoms with Crippen molar-refractivity contribution in [2.75, 3.05) is 25.1 Å². The van der Waals surface area contributed by atoms with E-state index >= 15 is 0 Å². The van der Waals surface area contributed by atoms with Crippen molar-refractivity contribution in [3.05, 3.63) is 42.2 Å². The molecule has 3 rings (SSSR count). The highest BCUT2D eigenvalue weighted by atomic mass is 32.2. The zero-order valence-corrected chi connectivity index (χ0v) is 14.5. The largest absolute Gasteiger partial charge is 0.478 e. The fourth-order valence-electron chi connectivity index (χ4n) is 2.73. The molecule has 7 nitrogen and oxygen atoms in total. The second kappa shape index (κ2) is 6.74. The average molecular weight is 348 g/mol. The Bertz CT molecular complexity index is 808. The van der Waals surface area contributed by atoms with E-state index in [1.54, 1.807) is 43.8 Å². The van der Waals surface area contributed by atoms with Crippen LogP contribution in [-0.4, -0.2) is 44.6 Å². The highest BCUT2D eigenvalue weighted by Crippen LogP contribution is 2.26. The van der Waals surface area contributed by atoms with Crippen molar-refractivity contribution in [2.45, 2.75) is 24.3 Å². The molecule has 0 aliphatic carbocycles. The Morgan fingerprint density at radius 1 is 1.21 bits per heavy atom. The molecule has 0 radical (unpaired) electrons. The number of rotatable bonds is 5. The minimum atomic E-state index is -3.53. The predicted octanol–water partition coefficient (Wildman–Crippen LogP) is 1.35. The summed E-state index contributed by atoms with van der Waals surface area (Å²) in [6.45, 7) is 3.14. The first-order valence-electron chi connectivity index (χ1n) is 7.68. The van der Waals surface area contributed by atoms with Crippen LogP contribution in [0, 0.1) is 6.92 Å². The van der Waals surface area contributed by atoms with E-state index in [1.807, 2.05) is 11.8 Å². The van der Waals surface area contributed by atoms with E-state index < -0.39 is 10.0 Å². The second-order valence-corrected chi connectivity index (χ2v) is 7.47. The number of hydrogen-bond donors (Lipinski definition) is 1. The van der Waals surface area contributed by atoms with Crippen LogP contribution >= 0.6 is 0 Å². The molecule has 1 aliphatic heterocycles. The van der Waals surface area contributed by atoms with Gasteiger partial charge in [-0.2, -0.15) is 0 Å². The van der Waals surface area contributed by atoms with Crippen molar-refractivity contribution in [3.63, 3.8) is 0 Å². The predicted molar refractivity (Wildman–Crippen MR) is 90.7 cm³/mol. The Labute approximate surface area is 141 Å². The molecule has 1 N–H and O–H groups in total. The molecule has 2 aromatic rings. The zero-order chi connectivity index (χ0) is 17.2. The van der Waals surface area contributed by atoms with Crippen LogP contribution < -0.4 is 14.4 Å². The van der Waals surface area contributed by atoms with E-state index in [0.717, 1.165) is 5.56 Å². The Hall–Kier alpha value is -2.19. The average Bonchev–Trinajstić information content (AvgIpc) is 3.02. The molecule has 1 aliphatic rings. The third-order valence-corrected chi connectivity index (χ3v) is 5.52. The van der Waals surface area contributed by atoms with Crippen LogP contribution in [0.1, 0.15) is 12.0 Å². The lowest BCUT2D eigenvalue weighted by atomic mass is 10.2. The van der Waals surface area contributed by atoms with Gasteiger partial charge < -0.3 is 9.64 Å². The van der Waals surface area contributed by atoms with Crippen molar-refractivity contribution in [3.8, 4) is 5.88 Å². The normalized spacial score (nSPS) is 17.9. The minimum Gasteiger partial charge on any atom is -0.478 e. The van der Waals surface area contributed by atoms with Crippen LogP contribution in [0.15, 0.2) is 41.6 Å². The molecule has 0 bridgehead atoms. The summed E-state index contributed by atoms with van der Waals surface area (Å²) in [7, 11) is -1.98. The van der Waals surface area contributed by atoms with Gasteiger partial charge >= 0.3 is 0 Å². The third kappa shape index (κ3) is 3.49. The van der Waals surface area contributed by atoms with E-state index in [-0.39, 0.29) is 10.9 Å². The van der Waals surface area contributed by atoms with Crippen LogP contribution in [0.5, 0.6) is 5.88 Å². The summed E-state index contributed by atoms with van der Waals surface area (Å²) >= 11 is 0. The Balaban J connectivity index is 1.71. The summed E-state index contributed by atoms with van der Waals surface area (Å²) in [6, 6.07) is 6.65. The van der Waals surface area contributed by atoms with Gasteiger partial charge in [-0.3, -0.25) is 0 Å². The number of aryl methyl sites for hydroxylation is 1. The Morgan fingerprint density at radius 2 is 1.92 bits per heavy atom. The van der Waals surface area contributed by atoms with Crippen molar-refractivity contribution >= 4 is 15.8 Å². The number of aromatic nitrogens is 2. The SMILES string of the molecule is COc1nccnc1N1CC[C@@H](NS(=O)(=O)c2ccc(C)cc2)C1. The van der Waals surface area contributed by atoms with Crippen molar-refractivity contribution < 1.29 is 13.2 Å². The number of methoxy groups -OCH3 is 1. The van der Waals surface area contributed by atoms with Gasteiger partial charge in [0.15, 0.2) is 5.82 Å². The molecule has 0 unspecified atom stereocenters. The second-order valence-electron chi connectivity index (χ2n) is 5.76. The van der Waals surface area contributed by atoms with Crippen LogP contribution in [0.4, 0.5) is 5.82 Å². The summed E-state index contributed by atoms with van der Waals surface area (Å²) < 4.78 is 33.0. The molecule has 8 heteroatoms. The van der Waals surface area contributed by atoms with Gasteiger partial charge in [-0.25, -0.2) is 23.1 Å². The molecule has 1 aromatic carbocycles. The van der Waals surface area contributed by atoms with Gasteiger partial charge in [-0.1, -0.05) is 17.7 Å². The molecule has 1 saturated heterocycles. The summed E-state index contributed by atoms with van der Waals surface area (Å²) in [5.41, 5.74) is 1.02. The molecule has 0 saturated carbocycles. The molecule has 1 aromatic heterocycles. The summed E-state index contributed by atoms with van der Waals surface area (Å²) in [5, 5.41) is 0. The monoisotopic (exact) mass is 348 g/mol. The first-order chi connectivity index (χ1) is 11.5. The van der Waals surface area contributed by atoms with Crippen LogP contribution in [-0.2, 0) is 10.0 Å². The lowest BCUT2D eigenvalue weighted by molar-refractivity contribution is 0.396. The molecular formula is C16H20N4O3S. The first-order valence-corrected chi connectivity index (χ1v) is 9.17. The van der Waals surface area contributed by atoms with E-state index in [4.69, 9.17) is 4.74 Å². The van der Waals surface area contributed by atoms with Gasteiger partial charge in [0, 0.05) is 31.5 Å². The molecule has 24 heavy (non-hydrogen) atoms. The van der Waals surface area contributed by atoms with E-state index in [9.17, 15) is 8.42 Å². The molecule has 0 amide bonds. The lowest BCUT2D eigenvalue weighted by Gasteiger charge is -2.19. The third-order valence-electron chi connectivity index (χ3n) is 3.98. The van der Waals surface area contributed by atoms with E-state index in [2.05, 4.69) is 14.7 Å². The topological polar surface area (TPSA) is 84.4 Å². The standard InChI is InChI=1S/C16H20N4O3S/c1-12-3-5-14(6-4-12)24(21,22)19-13-7-10-20(11-13)15-16(23-2)18-9-8-17-15/h3-6,8-9,13,19H,7,10-11H2,1-2H3/t13-/m1/s1. The van der Waals surface area contributed by atoms with Gasteiger partial charge in [0.1, 0.15) is 0 Å². The molecule has 1 atom stereocenters.